The Morgan fingerprint density at radius 3 is 2.38 bits per heavy atom. The van der Waals surface area contributed by atoms with Gasteiger partial charge in [-0.2, -0.15) is 0 Å². The lowest BCUT2D eigenvalue weighted by Gasteiger charge is -2.35. The van der Waals surface area contributed by atoms with Gasteiger partial charge in [0.1, 0.15) is 0 Å². The van der Waals surface area contributed by atoms with E-state index >= 15 is 0 Å². The second-order valence-electron chi connectivity index (χ2n) is 7.37. The van der Waals surface area contributed by atoms with Crippen LogP contribution in [0.25, 0.3) is 0 Å². The third-order valence-electron chi connectivity index (χ3n) is 3.72. The van der Waals surface area contributed by atoms with Crippen molar-refractivity contribution < 1.29 is 4.74 Å². The molecule has 0 aliphatic carbocycles. The van der Waals surface area contributed by atoms with Crippen molar-refractivity contribution in [3.05, 3.63) is 35.4 Å². The van der Waals surface area contributed by atoms with E-state index < -0.39 is 0 Å². The van der Waals surface area contributed by atoms with Crippen LogP contribution in [0.3, 0.4) is 0 Å². The van der Waals surface area contributed by atoms with Crippen molar-refractivity contribution in [1.82, 2.24) is 10.2 Å². The fourth-order valence-corrected chi connectivity index (χ4v) is 2.88. The molecular weight excluding hydrogens is 260 g/mol. The molecule has 0 spiro atoms. The standard InChI is InChI=1S/C18H30N2O/c1-14-11-20(12-15(2)21-14)13-17-8-6-7-16(9-17)10-19-18(3,4)5/h6-9,14-15,19H,10-13H2,1-5H3. The third-order valence-corrected chi connectivity index (χ3v) is 3.72. The molecule has 2 atom stereocenters. The summed E-state index contributed by atoms with van der Waals surface area (Å²) >= 11 is 0. The number of hydrogen-bond donors (Lipinski definition) is 1. The lowest BCUT2D eigenvalue weighted by Crippen LogP contribution is -2.44. The van der Waals surface area contributed by atoms with Gasteiger partial charge >= 0.3 is 0 Å². The molecule has 1 heterocycles. The van der Waals surface area contributed by atoms with Crippen LogP contribution >= 0.6 is 0 Å². The summed E-state index contributed by atoms with van der Waals surface area (Å²) in [6.07, 6.45) is 0.666. The number of ether oxygens (including phenoxy) is 1. The van der Waals surface area contributed by atoms with Crippen molar-refractivity contribution >= 4 is 0 Å². The number of morpholine rings is 1. The summed E-state index contributed by atoms with van der Waals surface area (Å²) in [5, 5.41) is 3.55. The number of rotatable bonds is 4. The molecule has 1 aliphatic heterocycles. The molecule has 0 radical (unpaired) electrons. The van der Waals surface area contributed by atoms with E-state index in [0.29, 0.717) is 12.2 Å². The maximum absolute atomic E-state index is 5.80. The van der Waals surface area contributed by atoms with Gasteiger partial charge < -0.3 is 10.1 Å². The molecule has 21 heavy (non-hydrogen) atoms. The molecular formula is C18H30N2O. The highest BCUT2D eigenvalue weighted by atomic mass is 16.5. The lowest BCUT2D eigenvalue weighted by atomic mass is 10.1. The predicted molar refractivity (Wildman–Crippen MR) is 88.3 cm³/mol. The normalized spacial score (nSPS) is 24.2. The van der Waals surface area contributed by atoms with Crippen molar-refractivity contribution in [2.75, 3.05) is 13.1 Å². The molecule has 1 fully saturated rings. The lowest BCUT2D eigenvalue weighted by molar-refractivity contribution is -0.0704. The minimum Gasteiger partial charge on any atom is -0.373 e. The smallest absolute Gasteiger partial charge is 0.0678 e. The van der Waals surface area contributed by atoms with Gasteiger partial charge in [-0.15, -0.1) is 0 Å². The number of nitrogens with zero attached hydrogens (tertiary/aromatic N) is 1. The molecule has 1 aromatic carbocycles. The average molecular weight is 290 g/mol. The Bertz CT molecular complexity index is 443. The molecule has 1 aromatic rings. The van der Waals surface area contributed by atoms with Crippen LogP contribution in [0.2, 0.25) is 0 Å². The van der Waals surface area contributed by atoms with Crippen molar-refractivity contribution in [3.8, 4) is 0 Å². The van der Waals surface area contributed by atoms with Crippen molar-refractivity contribution in [1.29, 1.82) is 0 Å². The molecule has 1 saturated heterocycles. The van der Waals surface area contributed by atoms with Crippen LogP contribution in [0.4, 0.5) is 0 Å². The minimum atomic E-state index is 0.158. The Balaban J connectivity index is 1.94. The molecule has 0 aromatic heterocycles. The topological polar surface area (TPSA) is 24.5 Å². The molecule has 1 N–H and O–H groups in total. The fourth-order valence-electron chi connectivity index (χ4n) is 2.88. The van der Waals surface area contributed by atoms with Crippen LogP contribution in [-0.4, -0.2) is 35.7 Å². The monoisotopic (exact) mass is 290 g/mol. The third kappa shape index (κ3) is 5.77. The van der Waals surface area contributed by atoms with Crippen LogP contribution in [0.1, 0.15) is 45.7 Å². The zero-order valence-corrected chi connectivity index (χ0v) is 14.1. The highest BCUT2D eigenvalue weighted by Crippen LogP contribution is 2.15. The van der Waals surface area contributed by atoms with Gasteiger partial charge in [0.05, 0.1) is 12.2 Å². The maximum atomic E-state index is 5.80. The first-order chi connectivity index (χ1) is 9.82. The van der Waals surface area contributed by atoms with Crippen LogP contribution in [0.5, 0.6) is 0 Å². The molecule has 0 bridgehead atoms. The molecule has 3 heteroatoms. The average Bonchev–Trinajstić information content (AvgIpc) is 2.35. The second-order valence-corrected chi connectivity index (χ2v) is 7.37. The summed E-state index contributed by atoms with van der Waals surface area (Å²) in [7, 11) is 0. The maximum Gasteiger partial charge on any atom is 0.0678 e. The highest BCUT2D eigenvalue weighted by molar-refractivity contribution is 5.23. The molecule has 0 amide bonds. The van der Waals surface area contributed by atoms with Gasteiger partial charge in [-0.1, -0.05) is 24.3 Å². The van der Waals surface area contributed by atoms with E-state index in [2.05, 4.69) is 69.1 Å². The highest BCUT2D eigenvalue weighted by Gasteiger charge is 2.22. The van der Waals surface area contributed by atoms with Crippen molar-refractivity contribution in [2.24, 2.45) is 0 Å². The second kappa shape index (κ2) is 6.91. The zero-order chi connectivity index (χ0) is 15.5. The van der Waals surface area contributed by atoms with E-state index in [1.54, 1.807) is 0 Å². The summed E-state index contributed by atoms with van der Waals surface area (Å²) < 4.78 is 5.80. The van der Waals surface area contributed by atoms with E-state index in [9.17, 15) is 0 Å². The molecule has 2 rings (SSSR count). The summed E-state index contributed by atoms with van der Waals surface area (Å²) in [6, 6.07) is 8.92. The summed E-state index contributed by atoms with van der Waals surface area (Å²) in [6.45, 7) is 14.9. The van der Waals surface area contributed by atoms with Gasteiger partial charge in [0.25, 0.3) is 0 Å². The largest absolute Gasteiger partial charge is 0.373 e. The van der Waals surface area contributed by atoms with Gasteiger partial charge in [-0.05, 0) is 45.7 Å². The number of hydrogen-bond acceptors (Lipinski definition) is 3. The first kappa shape index (κ1) is 16.5. The Morgan fingerprint density at radius 1 is 1.14 bits per heavy atom. The van der Waals surface area contributed by atoms with Crippen LogP contribution in [-0.2, 0) is 17.8 Å². The summed E-state index contributed by atoms with van der Waals surface area (Å²) in [4.78, 5) is 2.50. The SMILES string of the molecule is CC1CN(Cc2cccc(CNC(C)(C)C)c2)CC(C)O1. The van der Waals surface area contributed by atoms with Gasteiger partial charge in [-0.25, -0.2) is 0 Å². The minimum absolute atomic E-state index is 0.158. The zero-order valence-electron chi connectivity index (χ0n) is 14.1. The quantitative estimate of drug-likeness (QED) is 0.921. The Labute approximate surface area is 129 Å². The van der Waals surface area contributed by atoms with E-state index in [0.717, 1.165) is 26.2 Å². The Morgan fingerprint density at radius 2 is 1.76 bits per heavy atom. The first-order valence-electron chi connectivity index (χ1n) is 8.02. The first-order valence-corrected chi connectivity index (χ1v) is 8.02. The van der Waals surface area contributed by atoms with Crippen molar-refractivity contribution in [3.63, 3.8) is 0 Å². The Hall–Kier alpha value is -0.900. The summed E-state index contributed by atoms with van der Waals surface area (Å²) in [5.74, 6) is 0. The van der Waals surface area contributed by atoms with Crippen molar-refractivity contribution in [2.45, 2.75) is 65.5 Å². The van der Waals surface area contributed by atoms with Gasteiger partial charge in [-0.3, -0.25) is 4.90 Å². The molecule has 0 saturated carbocycles. The molecule has 1 aliphatic rings. The van der Waals surface area contributed by atoms with E-state index in [4.69, 9.17) is 4.74 Å². The predicted octanol–water partition coefficient (Wildman–Crippen LogP) is 3.18. The molecule has 118 valence electrons. The van der Waals surface area contributed by atoms with Crippen LogP contribution in [0, 0.1) is 0 Å². The van der Waals surface area contributed by atoms with E-state index in [-0.39, 0.29) is 5.54 Å². The van der Waals surface area contributed by atoms with Gasteiger partial charge in [0.15, 0.2) is 0 Å². The van der Waals surface area contributed by atoms with E-state index in [1.807, 2.05) is 0 Å². The molecule has 3 nitrogen and oxygen atoms in total. The summed E-state index contributed by atoms with van der Waals surface area (Å²) in [5.41, 5.74) is 2.91. The molecule has 2 unspecified atom stereocenters. The van der Waals surface area contributed by atoms with Gasteiger partial charge in [0, 0.05) is 31.7 Å². The van der Waals surface area contributed by atoms with Crippen LogP contribution in [0.15, 0.2) is 24.3 Å². The van der Waals surface area contributed by atoms with Crippen LogP contribution < -0.4 is 5.32 Å². The van der Waals surface area contributed by atoms with E-state index in [1.165, 1.54) is 11.1 Å². The fraction of sp³-hybridized carbons (Fsp3) is 0.667. The van der Waals surface area contributed by atoms with Gasteiger partial charge in [0.2, 0.25) is 0 Å². The number of nitrogens with one attached hydrogen (secondary N) is 1. The Kier molecular flexibility index (Phi) is 5.42. The number of benzene rings is 1.